The molecule has 0 unspecified atom stereocenters. The molecule has 0 aliphatic rings. The van der Waals surface area contributed by atoms with E-state index >= 15 is 0 Å². The van der Waals surface area contributed by atoms with Crippen LogP contribution >= 0.6 is 0 Å². The highest BCUT2D eigenvalue weighted by atomic mass is 16.5. The van der Waals surface area contributed by atoms with Gasteiger partial charge in [-0.2, -0.15) is 0 Å². The van der Waals surface area contributed by atoms with Crippen molar-refractivity contribution in [3.63, 3.8) is 0 Å². The summed E-state index contributed by atoms with van der Waals surface area (Å²) in [6.07, 6.45) is 0.700. The molecule has 0 aliphatic heterocycles. The number of ether oxygens (including phenoxy) is 1. The number of hydrogen-bond donors (Lipinski definition) is 2. The normalized spacial score (nSPS) is 12.5. The molecule has 106 valence electrons. The quantitative estimate of drug-likeness (QED) is 0.789. The summed E-state index contributed by atoms with van der Waals surface area (Å²) in [5.41, 5.74) is 7.99. The van der Waals surface area contributed by atoms with Crippen molar-refractivity contribution < 1.29 is 9.53 Å². The summed E-state index contributed by atoms with van der Waals surface area (Å²) in [6.45, 7) is 5.15. The standard InChI is InChI=1S/C15H24N2O2/c1-11(2)8-14(16)15(18)17-9-12-6-4-5-7-13(12)10-19-3/h4-7,11,14H,8-10,16H2,1-3H3,(H,17,18)/t14-/m1/s1. The Hall–Kier alpha value is -1.39. The molecular weight excluding hydrogens is 240 g/mol. The van der Waals surface area contributed by atoms with Crippen LogP contribution in [0, 0.1) is 5.92 Å². The Kier molecular flexibility index (Phi) is 6.53. The minimum atomic E-state index is -0.436. The molecule has 3 N–H and O–H groups in total. The van der Waals surface area contributed by atoms with Gasteiger partial charge in [-0.25, -0.2) is 0 Å². The number of nitrogens with one attached hydrogen (secondary N) is 1. The summed E-state index contributed by atoms with van der Waals surface area (Å²) in [5.74, 6) is 0.322. The van der Waals surface area contributed by atoms with E-state index in [1.54, 1.807) is 7.11 Å². The van der Waals surface area contributed by atoms with E-state index in [9.17, 15) is 4.79 Å². The highest BCUT2D eigenvalue weighted by molar-refractivity contribution is 5.81. The lowest BCUT2D eigenvalue weighted by molar-refractivity contribution is -0.122. The third-order valence-corrected chi connectivity index (χ3v) is 2.93. The zero-order valence-electron chi connectivity index (χ0n) is 12.0. The fourth-order valence-electron chi connectivity index (χ4n) is 1.95. The lowest BCUT2D eigenvalue weighted by Crippen LogP contribution is -2.41. The Bertz CT molecular complexity index is 405. The average Bonchev–Trinajstić information content (AvgIpc) is 2.37. The predicted molar refractivity (Wildman–Crippen MR) is 76.4 cm³/mol. The maximum atomic E-state index is 11.9. The molecule has 1 aromatic carbocycles. The highest BCUT2D eigenvalue weighted by Crippen LogP contribution is 2.10. The third kappa shape index (κ3) is 5.41. The van der Waals surface area contributed by atoms with Crippen LogP contribution in [0.1, 0.15) is 31.4 Å². The Balaban J connectivity index is 2.54. The van der Waals surface area contributed by atoms with Crippen molar-refractivity contribution in [3.05, 3.63) is 35.4 Å². The molecule has 0 aromatic heterocycles. The Morgan fingerprint density at radius 1 is 1.32 bits per heavy atom. The smallest absolute Gasteiger partial charge is 0.237 e. The molecule has 0 spiro atoms. The van der Waals surface area contributed by atoms with Crippen LogP contribution in [0.3, 0.4) is 0 Å². The van der Waals surface area contributed by atoms with Crippen LogP contribution in [0.25, 0.3) is 0 Å². The molecule has 1 aromatic rings. The zero-order chi connectivity index (χ0) is 14.3. The molecule has 0 bridgehead atoms. The van der Waals surface area contributed by atoms with E-state index in [0.717, 1.165) is 11.1 Å². The van der Waals surface area contributed by atoms with E-state index in [1.165, 1.54) is 0 Å². The van der Waals surface area contributed by atoms with Crippen LogP contribution in [0.4, 0.5) is 0 Å². The molecule has 1 rings (SSSR count). The number of carbonyl (C=O) groups excluding carboxylic acids is 1. The van der Waals surface area contributed by atoms with Crippen molar-refractivity contribution in [2.75, 3.05) is 7.11 Å². The van der Waals surface area contributed by atoms with Crippen molar-refractivity contribution in [2.24, 2.45) is 11.7 Å². The molecule has 4 nitrogen and oxygen atoms in total. The summed E-state index contributed by atoms with van der Waals surface area (Å²) in [4.78, 5) is 11.9. The van der Waals surface area contributed by atoms with Crippen LogP contribution in [0.2, 0.25) is 0 Å². The number of methoxy groups -OCH3 is 1. The maximum absolute atomic E-state index is 11.9. The third-order valence-electron chi connectivity index (χ3n) is 2.93. The monoisotopic (exact) mass is 264 g/mol. The van der Waals surface area contributed by atoms with Gasteiger partial charge in [0.15, 0.2) is 0 Å². The van der Waals surface area contributed by atoms with E-state index in [2.05, 4.69) is 19.2 Å². The SMILES string of the molecule is COCc1ccccc1CNC(=O)[C@H](N)CC(C)C. The lowest BCUT2D eigenvalue weighted by atomic mass is 10.0. The van der Waals surface area contributed by atoms with Crippen LogP contribution in [0.5, 0.6) is 0 Å². The molecule has 1 atom stereocenters. The molecule has 0 fully saturated rings. The van der Waals surface area contributed by atoms with Crippen LogP contribution in [0.15, 0.2) is 24.3 Å². The molecule has 0 saturated carbocycles. The molecule has 0 saturated heterocycles. The molecule has 0 heterocycles. The molecule has 0 aliphatic carbocycles. The van der Waals surface area contributed by atoms with Gasteiger partial charge in [-0.3, -0.25) is 4.79 Å². The van der Waals surface area contributed by atoms with E-state index in [0.29, 0.717) is 25.5 Å². The van der Waals surface area contributed by atoms with Gasteiger partial charge in [0.2, 0.25) is 5.91 Å². The number of carbonyl (C=O) groups is 1. The number of benzene rings is 1. The van der Waals surface area contributed by atoms with Crippen molar-refractivity contribution >= 4 is 5.91 Å². The van der Waals surface area contributed by atoms with Crippen LogP contribution < -0.4 is 11.1 Å². The molecule has 19 heavy (non-hydrogen) atoms. The fourth-order valence-corrected chi connectivity index (χ4v) is 1.95. The maximum Gasteiger partial charge on any atom is 0.237 e. The average molecular weight is 264 g/mol. The van der Waals surface area contributed by atoms with E-state index in [1.807, 2.05) is 24.3 Å². The second kappa shape index (κ2) is 7.92. The lowest BCUT2D eigenvalue weighted by Gasteiger charge is -2.15. The van der Waals surface area contributed by atoms with Crippen molar-refractivity contribution in [2.45, 2.75) is 39.5 Å². The van der Waals surface area contributed by atoms with E-state index < -0.39 is 6.04 Å². The minimum Gasteiger partial charge on any atom is -0.380 e. The summed E-state index contributed by atoms with van der Waals surface area (Å²) in [5, 5.41) is 2.88. The Labute approximate surface area is 115 Å². The van der Waals surface area contributed by atoms with Gasteiger partial charge in [0.05, 0.1) is 12.6 Å². The van der Waals surface area contributed by atoms with Crippen molar-refractivity contribution in [3.8, 4) is 0 Å². The predicted octanol–water partition coefficient (Wildman–Crippen LogP) is 1.82. The van der Waals surface area contributed by atoms with Crippen LogP contribution in [-0.4, -0.2) is 19.1 Å². The molecular formula is C15H24N2O2. The van der Waals surface area contributed by atoms with Gasteiger partial charge < -0.3 is 15.8 Å². The van der Waals surface area contributed by atoms with Gasteiger partial charge in [0.25, 0.3) is 0 Å². The van der Waals surface area contributed by atoms with Gasteiger partial charge in [-0.05, 0) is 23.5 Å². The largest absolute Gasteiger partial charge is 0.380 e. The first-order valence-electron chi connectivity index (χ1n) is 6.63. The topological polar surface area (TPSA) is 64.3 Å². The first-order chi connectivity index (χ1) is 9.04. The molecule has 4 heteroatoms. The van der Waals surface area contributed by atoms with Gasteiger partial charge in [0, 0.05) is 13.7 Å². The van der Waals surface area contributed by atoms with E-state index in [-0.39, 0.29) is 5.91 Å². The molecule has 0 radical (unpaired) electrons. The first-order valence-corrected chi connectivity index (χ1v) is 6.63. The zero-order valence-corrected chi connectivity index (χ0v) is 12.0. The second-order valence-electron chi connectivity index (χ2n) is 5.16. The Morgan fingerprint density at radius 3 is 2.53 bits per heavy atom. The summed E-state index contributed by atoms with van der Waals surface area (Å²) in [7, 11) is 1.66. The number of rotatable bonds is 7. The summed E-state index contributed by atoms with van der Waals surface area (Å²) >= 11 is 0. The number of hydrogen-bond acceptors (Lipinski definition) is 3. The minimum absolute atomic E-state index is 0.0964. The molecule has 1 amide bonds. The van der Waals surface area contributed by atoms with Crippen molar-refractivity contribution in [1.82, 2.24) is 5.32 Å². The number of amides is 1. The van der Waals surface area contributed by atoms with Gasteiger partial charge in [-0.1, -0.05) is 38.1 Å². The fraction of sp³-hybridized carbons (Fsp3) is 0.533. The van der Waals surface area contributed by atoms with Gasteiger partial charge in [0.1, 0.15) is 0 Å². The number of nitrogens with two attached hydrogens (primary N) is 1. The second-order valence-corrected chi connectivity index (χ2v) is 5.16. The van der Waals surface area contributed by atoms with E-state index in [4.69, 9.17) is 10.5 Å². The summed E-state index contributed by atoms with van der Waals surface area (Å²) in [6, 6.07) is 7.47. The van der Waals surface area contributed by atoms with Crippen LogP contribution in [-0.2, 0) is 22.7 Å². The first kappa shape index (κ1) is 15.7. The van der Waals surface area contributed by atoms with Gasteiger partial charge in [-0.15, -0.1) is 0 Å². The van der Waals surface area contributed by atoms with Gasteiger partial charge >= 0.3 is 0 Å². The summed E-state index contributed by atoms with van der Waals surface area (Å²) < 4.78 is 5.14. The Morgan fingerprint density at radius 2 is 1.95 bits per heavy atom. The highest BCUT2D eigenvalue weighted by Gasteiger charge is 2.14. The van der Waals surface area contributed by atoms with Crippen molar-refractivity contribution in [1.29, 1.82) is 0 Å².